The molecule has 4 heteroatoms. The average molecular weight is 222 g/mol. The molecule has 0 radical (unpaired) electrons. The number of nitriles is 1. The van der Waals surface area contributed by atoms with E-state index in [0.29, 0.717) is 12.2 Å². The second kappa shape index (κ2) is 4.95. The van der Waals surface area contributed by atoms with Crippen molar-refractivity contribution in [3.8, 4) is 6.07 Å². The second-order valence-electron chi connectivity index (χ2n) is 4.48. The smallest absolute Gasteiger partial charge is 0.143 e. The Balaban J connectivity index is 2.70. The van der Waals surface area contributed by atoms with E-state index in [0.717, 1.165) is 0 Å². The van der Waals surface area contributed by atoms with Crippen LogP contribution < -0.4 is 5.32 Å². The Morgan fingerprint density at radius 3 is 2.69 bits per heavy atom. The van der Waals surface area contributed by atoms with Crippen LogP contribution in [0.3, 0.4) is 0 Å². The largest absolute Gasteiger partial charge is 0.396 e. The minimum atomic E-state index is -0.533. The summed E-state index contributed by atoms with van der Waals surface area (Å²) >= 11 is 0. The van der Waals surface area contributed by atoms with E-state index in [1.54, 1.807) is 12.1 Å². The lowest BCUT2D eigenvalue weighted by molar-refractivity contribution is 0.171. The summed E-state index contributed by atoms with van der Waals surface area (Å²) in [6, 6.07) is 6.13. The molecule has 86 valence electrons. The molecule has 3 nitrogen and oxygen atoms in total. The molecule has 0 fully saturated rings. The van der Waals surface area contributed by atoms with Crippen molar-refractivity contribution in [2.24, 2.45) is 5.41 Å². The molecule has 1 rings (SSSR count). The number of benzene rings is 1. The highest BCUT2D eigenvalue weighted by Crippen LogP contribution is 2.18. The van der Waals surface area contributed by atoms with E-state index in [9.17, 15) is 4.39 Å². The van der Waals surface area contributed by atoms with Gasteiger partial charge in [0, 0.05) is 24.3 Å². The molecule has 2 N–H and O–H groups in total. The van der Waals surface area contributed by atoms with Gasteiger partial charge in [-0.25, -0.2) is 4.39 Å². The van der Waals surface area contributed by atoms with Crippen molar-refractivity contribution in [3.63, 3.8) is 0 Å². The molecule has 0 aliphatic carbocycles. The van der Waals surface area contributed by atoms with E-state index in [-0.39, 0.29) is 17.6 Å². The van der Waals surface area contributed by atoms with Gasteiger partial charge in [0.2, 0.25) is 0 Å². The van der Waals surface area contributed by atoms with Crippen LogP contribution in [0.25, 0.3) is 0 Å². The van der Waals surface area contributed by atoms with Crippen molar-refractivity contribution >= 4 is 5.69 Å². The van der Waals surface area contributed by atoms with Crippen LogP contribution in [0.15, 0.2) is 18.2 Å². The molecule has 0 atom stereocenters. The molecular formula is C12H15FN2O. The van der Waals surface area contributed by atoms with Gasteiger partial charge in [-0.1, -0.05) is 13.8 Å². The average Bonchev–Trinajstić information content (AvgIpc) is 2.27. The molecule has 0 aliphatic rings. The molecule has 0 heterocycles. The quantitative estimate of drug-likeness (QED) is 0.820. The fourth-order valence-corrected chi connectivity index (χ4v) is 1.11. The van der Waals surface area contributed by atoms with Gasteiger partial charge in [0.05, 0.1) is 5.56 Å². The summed E-state index contributed by atoms with van der Waals surface area (Å²) in [5.74, 6) is -0.533. The highest BCUT2D eigenvalue weighted by molar-refractivity contribution is 5.48. The Kier molecular flexibility index (Phi) is 3.86. The van der Waals surface area contributed by atoms with E-state index in [2.05, 4.69) is 5.32 Å². The van der Waals surface area contributed by atoms with E-state index in [1.807, 2.05) is 13.8 Å². The maximum Gasteiger partial charge on any atom is 0.143 e. The van der Waals surface area contributed by atoms with E-state index < -0.39 is 5.82 Å². The third-order valence-electron chi connectivity index (χ3n) is 2.29. The van der Waals surface area contributed by atoms with Crippen LogP contribution in [0.4, 0.5) is 10.1 Å². The summed E-state index contributed by atoms with van der Waals surface area (Å²) in [6.45, 7) is 4.40. The van der Waals surface area contributed by atoms with Crippen molar-refractivity contribution in [3.05, 3.63) is 29.6 Å². The molecule has 0 saturated carbocycles. The van der Waals surface area contributed by atoms with E-state index in [1.165, 1.54) is 12.1 Å². The first kappa shape index (κ1) is 12.5. The summed E-state index contributed by atoms with van der Waals surface area (Å²) in [7, 11) is 0. The van der Waals surface area contributed by atoms with Gasteiger partial charge in [0.1, 0.15) is 11.9 Å². The number of hydrogen-bond acceptors (Lipinski definition) is 3. The zero-order chi connectivity index (χ0) is 12.2. The van der Waals surface area contributed by atoms with Crippen LogP contribution in [0.1, 0.15) is 19.4 Å². The van der Waals surface area contributed by atoms with Crippen molar-refractivity contribution in [2.45, 2.75) is 13.8 Å². The molecule has 0 spiro atoms. The fraction of sp³-hybridized carbons (Fsp3) is 0.417. The molecule has 0 aliphatic heterocycles. The third-order valence-corrected chi connectivity index (χ3v) is 2.29. The topological polar surface area (TPSA) is 56.0 Å². The first-order valence-electron chi connectivity index (χ1n) is 5.03. The van der Waals surface area contributed by atoms with Crippen LogP contribution >= 0.6 is 0 Å². The van der Waals surface area contributed by atoms with Crippen LogP contribution in [0.5, 0.6) is 0 Å². The number of nitrogens with one attached hydrogen (secondary N) is 1. The lowest BCUT2D eigenvalue weighted by Crippen LogP contribution is -2.26. The molecule has 16 heavy (non-hydrogen) atoms. The summed E-state index contributed by atoms with van der Waals surface area (Å²) in [5.41, 5.74) is 0.384. The predicted molar refractivity (Wildman–Crippen MR) is 60.5 cm³/mol. The Morgan fingerprint density at radius 1 is 1.50 bits per heavy atom. The number of halogens is 1. The molecule has 1 aromatic carbocycles. The SMILES string of the molecule is CC(C)(CO)CNc1ccc(C#N)c(F)c1. The molecule has 0 saturated heterocycles. The molecular weight excluding hydrogens is 207 g/mol. The van der Waals surface area contributed by atoms with Crippen molar-refractivity contribution in [1.29, 1.82) is 5.26 Å². The Morgan fingerprint density at radius 2 is 2.19 bits per heavy atom. The molecule has 1 aromatic rings. The third kappa shape index (κ3) is 3.21. The van der Waals surface area contributed by atoms with Gasteiger partial charge in [-0.2, -0.15) is 5.26 Å². The first-order valence-corrected chi connectivity index (χ1v) is 5.03. The molecule has 0 amide bonds. The highest BCUT2D eigenvalue weighted by atomic mass is 19.1. The Hall–Kier alpha value is -1.60. The van der Waals surface area contributed by atoms with Crippen LogP contribution in [0.2, 0.25) is 0 Å². The number of nitrogens with zero attached hydrogens (tertiary/aromatic N) is 1. The summed E-state index contributed by atoms with van der Waals surface area (Å²) in [6.07, 6.45) is 0. The van der Waals surface area contributed by atoms with Crippen LogP contribution in [-0.4, -0.2) is 18.3 Å². The van der Waals surface area contributed by atoms with Gasteiger partial charge in [-0.3, -0.25) is 0 Å². The minimum absolute atomic E-state index is 0.0342. The monoisotopic (exact) mass is 222 g/mol. The Labute approximate surface area is 94.5 Å². The van der Waals surface area contributed by atoms with Crippen LogP contribution in [0, 0.1) is 22.6 Å². The normalized spacial score (nSPS) is 10.9. The fourth-order valence-electron chi connectivity index (χ4n) is 1.11. The molecule has 0 aromatic heterocycles. The van der Waals surface area contributed by atoms with Gasteiger partial charge in [-0.05, 0) is 18.2 Å². The lowest BCUT2D eigenvalue weighted by Gasteiger charge is -2.22. The van der Waals surface area contributed by atoms with Crippen LogP contribution in [-0.2, 0) is 0 Å². The van der Waals surface area contributed by atoms with Gasteiger partial charge in [0.15, 0.2) is 0 Å². The maximum atomic E-state index is 13.2. The zero-order valence-corrected chi connectivity index (χ0v) is 9.42. The van der Waals surface area contributed by atoms with Gasteiger partial charge >= 0.3 is 0 Å². The van der Waals surface area contributed by atoms with Gasteiger partial charge in [0.25, 0.3) is 0 Å². The number of anilines is 1. The number of hydrogen-bond donors (Lipinski definition) is 2. The summed E-state index contributed by atoms with van der Waals surface area (Å²) < 4.78 is 13.2. The predicted octanol–water partition coefficient (Wildman–Crippen LogP) is 2.13. The van der Waals surface area contributed by atoms with Crippen molar-refractivity contribution in [2.75, 3.05) is 18.5 Å². The molecule has 0 bridgehead atoms. The standard InChI is InChI=1S/C12H15FN2O/c1-12(2,8-16)7-15-10-4-3-9(6-14)11(13)5-10/h3-5,15-16H,7-8H2,1-2H3. The highest BCUT2D eigenvalue weighted by Gasteiger charge is 2.16. The van der Waals surface area contributed by atoms with E-state index >= 15 is 0 Å². The maximum absolute atomic E-state index is 13.2. The van der Waals surface area contributed by atoms with Crippen molar-refractivity contribution < 1.29 is 9.50 Å². The second-order valence-corrected chi connectivity index (χ2v) is 4.48. The minimum Gasteiger partial charge on any atom is -0.396 e. The number of aliphatic hydroxyl groups excluding tert-OH is 1. The Bertz CT molecular complexity index is 410. The number of rotatable bonds is 4. The van der Waals surface area contributed by atoms with Gasteiger partial charge in [-0.15, -0.1) is 0 Å². The molecule has 0 unspecified atom stereocenters. The van der Waals surface area contributed by atoms with Crippen molar-refractivity contribution in [1.82, 2.24) is 0 Å². The van der Waals surface area contributed by atoms with E-state index in [4.69, 9.17) is 10.4 Å². The first-order chi connectivity index (χ1) is 7.48. The van der Waals surface area contributed by atoms with Gasteiger partial charge < -0.3 is 10.4 Å². The lowest BCUT2D eigenvalue weighted by atomic mass is 9.95. The number of aliphatic hydroxyl groups is 1. The summed E-state index contributed by atoms with van der Waals surface area (Å²) in [4.78, 5) is 0. The summed E-state index contributed by atoms with van der Waals surface area (Å²) in [5, 5.41) is 20.6. The zero-order valence-electron chi connectivity index (χ0n) is 9.42.